The summed E-state index contributed by atoms with van der Waals surface area (Å²) in [6.45, 7) is 6.66. The van der Waals surface area contributed by atoms with E-state index in [1.807, 2.05) is 60.7 Å². The Labute approximate surface area is 218 Å². The topological polar surface area (TPSA) is 82.1 Å². The average Bonchev–Trinajstić information content (AvgIpc) is 3.15. The smallest absolute Gasteiger partial charge is 0.335 e. The zero-order valence-electron chi connectivity index (χ0n) is 21.3. The summed E-state index contributed by atoms with van der Waals surface area (Å²) in [6.07, 6.45) is 1.71. The van der Waals surface area contributed by atoms with E-state index in [0.717, 1.165) is 61.6 Å². The minimum Gasteiger partial charge on any atom is -0.478 e. The highest BCUT2D eigenvalue weighted by Gasteiger charge is 2.26. The van der Waals surface area contributed by atoms with Crippen molar-refractivity contribution >= 4 is 11.9 Å². The van der Waals surface area contributed by atoms with Crippen molar-refractivity contribution in [2.45, 2.75) is 38.9 Å². The standard InChI is InChI=1S/C30H35N3O4/c1-2-28(29(34)31-21-23-12-14-27(15-13-23)37-26-10-4-3-5-11-26)33-17-7-16-32(18-19-33)22-24-8-6-9-25(20-24)30(35)36/h3-6,8-15,20,28H,2,7,16-19,21-22H2,1H3,(H,31,34)(H,35,36). The third kappa shape index (κ3) is 7.65. The maximum absolute atomic E-state index is 13.1. The van der Waals surface area contributed by atoms with E-state index < -0.39 is 5.97 Å². The van der Waals surface area contributed by atoms with E-state index in [0.29, 0.717) is 18.7 Å². The Bertz CT molecular complexity index is 1170. The number of aromatic carboxylic acids is 1. The van der Waals surface area contributed by atoms with Gasteiger partial charge in [-0.1, -0.05) is 49.4 Å². The number of hydrogen-bond acceptors (Lipinski definition) is 5. The van der Waals surface area contributed by atoms with Gasteiger partial charge in [-0.2, -0.15) is 0 Å². The maximum atomic E-state index is 13.1. The van der Waals surface area contributed by atoms with Crippen LogP contribution < -0.4 is 10.1 Å². The highest BCUT2D eigenvalue weighted by Crippen LogP contribution is 2.21. The quantitative estimate of drug-likeness (QED) is 0.416. The SMILES string of the molecule is CCC(C(=O)NCc1ccc(Oc2ccccc2)cc1)N1CCCN(Cc2cccc(C(=O)O)c2)CC1. The van der Waals surface area contributed by atoms with E-state index in [9.17, 15) is 14.7 Å². The lowest BCUT2D eigenvalue weighted by Gasteiger charge is -2.29. The Morgan fingerprint density at radius 3 is 2.38 bits per heavy atom. The Morgan fingerprint density at radius 1 is 0.892 bits per heavy atom. The molecule has 0 aromatic heterocycles. The van der Waals surface area contributed by atoms with Gasteiger partial charge in [-0.15, -0.1) is 0 Å². The number of carboxylic acids is 1. The first-order chi connectivity index (χ1) is 18.0. The highest BCUT2D eigenvalue weighted by atomic mass is 16.5. The van der Waals surface area contributed by atoms with Gasteiger partial charge in [-0.3, -0.25) is 14.6 Å². The molecule has 3 aromatic rings. The Kier molecular flexibility index (Phi) is 9.29. The van der Waals surface area contributed by atoms with Crippen molar-refractivity contribution in [1.29, 1.82) is 0 Å². The van der Waals surface area contributed by atoms with Gasteiger partial charge < -0.3 is 15.2 Å². The van der Waals surface area contributed by atoms with E-state index in [4.69, 9.17) is 4.74 Å². The summed E-state index contributed by atoms with van der Waals surface area (Å²) in [5.74, 6) is 0.697. The second kappa shape index (κ2) is 13.0. The van der Waals surface area contributed by atoms with Crippen LogP contribution in [0.1, 0.15) is 41.3 Å². The molecule has 1 aliphatic heterocycles. The van der Waals surface area contributed by atoms with Crippen molar-refractivity contribution in [2.75, 3.05) is 26.2 Å². The molecular weight excluding hydrogens is 466 g/mol. The van der Waals surface area contributed by atoms with Crippen molar-refractivity contribution in [1.82, 2.24) is 15.1 Å². The van der Waals surface area contributed by atoms with Crippen LogP contribution in [0.2, 0.25) is 0 Å². The first-order valence-corrected chi connectivity index (χ1v) is 12.9. The zero-order valence-corrected chi connectivity index (χ0v) is 21.3. The molecular formula is C30H35N3O4. The summed E-state index contributed by atoms with van der Waals surface area (Å²) < 4.78 is 5.84. The molecule has 2 N–H and O–H groups in total. The first kappa shape index (κ1) is 26.4. The van der Waals surface area contributed by atoms with E-state index >= 15 is 0 Å². The number of para-hydroxylation sites is 1. The Morgan fingerprint density at radius 2 is 1.65 bits per heavy atom. The first-order valence-electron chi connectivity index (χ1n) is 12.9. The fourth-order valence-corrected chi connectivity index (χ4v) is 4.74. The van der Waals surface area contributed by atoms with Gasteiger partial charge in [0.1, 0.15) is 11.5 Å². The van der Waals surface area contributed by atoms with Gasteiger partial charge in [-0.05, 0) is 66.9 Å². The lowest BCUT2D eigenvalue weighted by molar-refractivity contribution is -0.126. The van der Waals surface area contributed by atoms with E-state index in [2.05, 4.69) is 22.0 Å². The molecule has 1 aliphatic rings. The monoisotopic (exact) mass is 501 g/mol. The molecule has 1 amide bonds. The predicted molar refractivity (Wildman–Crippen MR) is 144 cm³/mol. The fourth-order valence-electron chi connectivity index (χ4n) is 4.74. The molecule has 0 aliphatic carbocycles. The van der Waals surface area contributed by atoms with Crippen LogP contribution in [0.4, 0.5) is 0 Å². The van der Waals surface area contributed by atoms with E-state index in [1.54, 1.807) is 18.2 Å². The summed E-state index contributed by atoms with van der Waals surface area (Å²) in [4.78, 5) is 29.0. The van der Waals surface area contributed by atoms with Crippen LogP contribution in [0, 0.1) is 0 Å². The predicted octanol–water partition coefficient (Wildman–Crippen LogP) is 4.78. The summed E-state index contributed by atoms with van der Waals surface area (Å²) in [5, 5.41) is 12.4. The van der Waals surface area contributed by atoms with Crippen LogP contribution >= 0.6 is 0 Å². The van der Waals surface area contributed by atoms with Gasteiger partial charge in [0.15, 0.2) is 0 Å². The number of rotatable bonds is 10. The lowest BCUT2D eigenvalue weighted by atomic mass is 10.1. The Balaban J connectivity index is 1.27. The van der Waals surface area contributed by atoms with Crippen LogP contribution in [0.15, 0.2) is 78.9 Å². The van der Waals surface area contributed by atoms with Crippen LogP contribution in [-0.4, -0.2) is 59.0 Å². The van der Waals surface area contributed by atoms with E-state index in [-0.39, 0.29) is 11.9 Å². The van der Waals surface area contributed by atoms with Gasteiger partial charge >= 0.3 is 5.97 Å². The maximum Gasteiger partial charge on any atom is 0.335 e. The van der Waals surface area contributed by atoms with Crippen molar-refractivity contribution in [2.24, 2.45) is 0 Å². The average molecular weight is 502 g/mol. The number of nitrogens with one attached hydrogen (secondary N) is 1. The summed E-state index contributed by atoms with van der Waals surface area (Å²) in [5.41, 5.74) is 2.34. The summed E-state index contributed by atoms with van der Waals surface area (Å²) in [7, 11) is 0. The van der Waals surface area contributed by atoms with Crippen LogP contribution in [0.5, 0.6) is 11.5 Å². The van der Waals surface area contributed by atoms with Crippen molar-refractivity contribution in [3.8, 4) is 11.5 Å². The van der Waals surface area contributed by atoms with Gasteiger partial charge in [0.25, 0.3) is 0 Å². The molecule has 1 saturated heterocycles. The molecule has 37 heavy (non-hydrogen) atoms. The number of carbonyl (C=O) groups is 2. The molecule has 3 aromatic carbocycles. The minimum atomic E-state index is -0.905. The third-order valence-corrected chi connectivity index (χ3v) is 6.70. The molecule has 0 radical (unpaired) electrons. The largest absolute Gasteiger partial charge is 0.478 e. The molecule has 194 valence electrons. The van der Waals surface area contributed by atoms with Gasteiger partial charge in [-0.25, -0.2) is 4.79 Å². The number of hydrogen-bond donors (Lipinski definition) is 2. The minimum absolute atomic E-state index is 0.0507. The Hall–Kier alpha value is -3.68. The molecule has 0 saturated carbocycles. The summed E-state index contributed by atoms with van der Waals surface area (Å²) >= 11 is 0. The van der Waals surface area contributed by atoms with Crippen molar-refractivity contribution in [3.05, 3.63) is 95.6 Å². The van der Waals surface area contributed by atoms with Crippen LogP contribution in [-0.2, 0) is 17.9 Å². The van der Waals surface area contributed by atoms with Crippen LogP contribution in [0.3, 0.4) is 0 Å². The van der Waals surface area contributed by atoms with Gasteiger partial charge in [0.2, 0.25) is 5.91 Å². The number of amides is 1. The zero-order chi connectivity index (χ0) is 26.0. The van der Waals surface area contributed by atoms with Gasteiger partial charge in [0, 0.05) is 32.7 Å². The second-order valence-corrected chi connectivity index (χ2v) is 9.37. The van der Waals surface area contributed by atoms with Crippen molar-refractivity contribution in [3.63, 3.8) is 0 Å². The number of benzene rings is 3. The molecule has 1 unspecified atom stereocenters. The summed E-state index contributed by atoms with van der Waals surface area (Å²) in [6, 6.07) is 24.4. The molecule has 7 nitrogen and oxygen atoms in total. The van der Waals surface area contributed by atoms with E-state index in [1.165, 1.54) is 0 Å². The second-order valence-electron chi connectivity index (χ2n) is 9.37. The molecule has 1 heterocycles. The third-order valence-electron chi connectivity index (χ3n) is 6.70. The number of nitrogens with zero attached hydrogens (tertiary/aromatic N) is 2. The highest BCUT2D eigenvalue weighted by molar-refractivity contribution is 5.87. The molecule has 7 heteroatoms. The fraction of sp³-hybridized carbons (Fsp3) is 0.333. The molecule has 0 bridgehead atoms. The molecule has 1 atom stereocenters. The lowest BCUT2D eigenvalue weighted by Crippen LogP contribution is -2.47. The normalized spacial score (nSPS) is 15.5. The molecule has 0 spiro atoms. The number of carboxylic acid groups (broad SMARTS) is 1. The number of carbonyl (C=O) groups excluding carboxylic acids is 1. The number of ether oxygens (including phenoxy) is 1. The van der Waals surface area contributed by atoms with Gasteiger partial charge in [0.05, 0.1) is 11.6 Å². The van der Waals surface area contributed by atoms with Crippen molar-refractivity contribution < 1.29 is 19.4 Å². The molecule has 4 rings (SSSR count). The molecule has 1 fully saturated rings. The van der Waals surface area contributed by atoms with Crippen LogP contribution in [0.25, 0.3) is 0 Å².